The van der Waals surface area contributed by atoms with Crippen LogP contribution in [0.5, 0.6) is 11.5 Å². The number of fused-ring (bicyclic) bond motifs is 1. The van der Waals surface area contributed by atoms with Crippen LogP contribution in [0, 0.1) is 17.2 Å². The fourth-order valence-corrected chi connectivity index (χ4v) is 2.82. The largest absolute Gasteiger partial charge is 0.497 e. The number of hydrogen-bond donors (Lipinski definition) is 0. The first-order chi connectivity index (χ1) is 11.2. The zero-order valence-electron chi connectivity index (χ0n) is 12.9. The number of benzene rings is 2. The van der Waals surface area contributed by atoms with Crippen molar-refractivity contribution in [1.82, 2.24) is 0 Å². The summed E-state index contributed by atoms with van der Waals surface area (Å²) in [4.78, 5) is 12.5. The highest BCUT2D eigenvalue weighted by atomic mass is 16.5. The summed E-state index contributed by atoms with van der Waals surface area (Å²) in [6.07, 6.45) is 1.23. The van der Waals surface area contributed by atoms with Gasteiger partial charge >= 0.3 is 0 Å². The highest BCUT2D eigenvalue weighted by Gasteiger charge is 2.31. The molecule has 0 bridgehead atoms. The predicted molar refractivity (Wildman–Crippen MR) is 85.5 cm³/mol. The Morgan fingerprint density at radius 3 is 2.74 bits per heavy atom. The molecule has 0 saturated heterocycles. The van der Waals surface area contributed by atoms with Crippen molar-refractivity contribution in [3.8, 4) is 17.6 Å². The molecule has 1 unspecified atom stereocenters. The number of hydrogen-bond acceptors (Lipinski definition) is 4. The van der Waals surface area contributed by atoms with Gasteiger partial charge in [-0.05, 0) is 30.0 Å². The summed E-state index contributed by atoms with van der Waals surface area (Å²) in [6.45, 7) is 0.366. The van der Waals surface area contributed by atoms with Gasteiger partial charge in [-0.3, -0.25) is 4.79 Å². The van der Waals surface area contributed by atoms with Crippen LogP contribution in [-0.2, 0) is 13.0 Å². The molecule has 4 heteroatoms. The van der Waals surface area contributed by atoms with E-state index in [0.717, 1.165) is 11.1 Å². The van der Waals surface area contributed by atoms with Gasteiger partial charge in [0, 0.05) is 6.07 Å². The third kappa shape index (κ3) is 3.04. The first kappa shape index (κ1) is 15.1. The minimum absolute atomic E-state index is 0.153. The lowest BCUT2D eigenvalue weighted by molar-refractivity contribution is 0.0929. The molecule has 0 aliphatic heterocycles. The Labute approximate surface area is 135 Å². The first-order valence-electron chi connectivity index (χ1n) is 7.54. The van der Waals surface area contributed by atoms with Gasteiger partial charge in [-0.15, -0.1) is 0 Å². The van der Waals surface area contributed by atoms with Gasteiger partial charge in [0.1, 0.15) is 24.0 Å². The molecule has 0 fully saturated rings. The molecule has 2 aromatic rings. The maximum atomic E-state index is 12.5. The van der Waals surface area contributed by atoms with Gasteiger partial charge in [0.25, 0.3) is 0 Å². The van der Waals surface area contributed by atoms with Crippen LogP contribution in [0.3, 0.4) is 0 Å². The molecule has 23 heavy (non-hydrogen) atoms. The summed E-state index contributed by atoms with van der Waals surface area (Å²) in [5, 5.41) is 9.15. The van der Waals surface area contributed by atoms with Gasteiger partial charge < -0.3 is 9.47 Å². The zero-order valence-corrected chi connectivity index (χ0v) is 12.9. The number of methoxy groups -OCH3 is 1. The van der Waals surface area contributed by atoms with Gasteiger partial charge in [0.2, 0.25) is 0 Å². The summed E-state index contributed by atoms with van der Waals surface area (Å²) in [7, 11) is 1.59. The van der Waals surface area contributed by atoms with Crippen molar-refractivity contribution in [2.24, 2.45) is 5.92 Å². The molecule has 0 heterocycles. The summed E-state index contributed by atoms with van der Waals surface area (Å²) in [5.41, 5.74) is 2.44. The van der Waals surface area contributed by atoms with Crippen LogP contribution < -0.4 is 9.47 Å². The third-order valence-electron chi connectivity index (χ3n) is 4.05. The van der Waals surface area contributed by atoms with Crippen molar-refractivity contribution >= 4 is 5.78 Å². The Morgan fingerprint density at radius 2 is 2.04 bits per heavy atom. The SMILES string of the molecule is COc1cc2c(c(OCc3ccccc3)c1)C(=O)C(C#N)CC2. The number of Topliss-reactive ketones (excluding diaryl/α,β-unsaturated/α-hetero) is 1. The van der Waals surface area contributed by atoms with E-state index in [1.807, 2.05) is 36.4 Å². The Balaban J connectivity index is 1.95. The highest BCUT2D eigenvalue weighted by Crippen LogP contribution is 2.36. The maximum absolute atomic E-state index is 12.5. The lowest BCUT2D eigenvalue weighted by Gasteiger charge is -2.22. The van der Waals surface area contributed by atoms with E-state index in [1.54, 1.807) is 13.2 Å². The van der Waals surface area contributed by atoms with Gasteiger partial charge in [-0.25, -0.2) is 0 Å². The third-order valence-corrected chi connectivity index (χ3v) is 4.05. The van der Waals surface area contributed by atoms with E-state index < -0.39 is 5.92 Å². The second-order valence-corrected chi connectivity index (χ2v) is 5.52. The molecule has 3 rings (SSSR count). The Morgan fingerprint density at radius 1 is 1.26 bits per heavy atom. The molecule has 4 nitrogen and oxygen atoms in total. The quantitative estimate of drug-likeness (QED) is 0.867. The number of carbonyl (C=O) groups excluding carboxylic acids is 1. The van der Waals surface area contributed by atoms with E-state index in [-0.39, 0.29) is 5.78 Å². The normalized spacial score (nSPS) is 16.3. The molecule has 1 aliphatic rings. The predicted octanol–water partition coefficient (Wildman–Crippen LogP) is 3.54. The number of ether oxygens (including phenoxy) is 2. The van der Waals surface area contributed by atoms with Crippen molar-refractivity contribution < 1.29 is 14.3 Å². The molecule has 1 aliphatic carbocycles. The number of rotatable bonds is 4. The molecule has 2 aromatic carbocycles. The van der Waals surface area contributed by atoms with E-state index in [9.17, 15) is 4.79 Å². The molecule has 0 saturated carbocycles. The van der Waals surface area contributed by atoms with Crippen molar-refractivity contribution in [2.75, 3.05) is 7.11 Å². The van der Waals surface area contributed by atoms with Crippen LogP contribution in [0.4, 0.5) is 0 Å². The number of nitriles is 1. The minimum Gasteiger partial charge on any atom is -0.497 e. The van der Waals surface area contributed by atoms with Crippen LogP contribution in [0.1, 0.15) is 27.9 Å². The van der Waals surface area contributed by atoms with E-state index >= 15 is 0 Å². The van der Waals surface area contributed by atoms with Crippen LogP contribution in [0.15, 0.2) is 42.5 Å². The minimum atomic E-state index is -0.588. The Kier molecular flexibility index (Phi) is 4.29. The van der Waals surface area contributed by atoms with Crippen LogP contribution in [0.2, 0.25) is 0 Å². The number of nitrogens with zero attached hydrogens (tertiary/aromatic N) is 1. The van der Waals surface area contributed by atoms with Crippen molar-refractivity contribution in [3.63, 3.8) is 0 Å². The van der Waals surface area contributed by atoms with E-state index in [4.69, 9.17) is 14.7 Å². The zero-order chi connectivity index (χ0) is 16.2. The van der Waals surface area contributed by atoms with Gasteiger partial charge in [0.05, 0.1) is 18.7 Å². The van der Waals surface area contributed by atoms with E-state index in [2.05, 4.69) is 6.07 Å². The molecule has 0 radical (unpaired) electrons. The van der Waals surface area contributed by atoms with Crippen LogP contribution in [0.25, 0.3) is 0 Å². The van der Waals surface area contributed by atoms with Gasteiger partial charge in [-0.2, -0.15) is 5.26 Å². The van der Waals surface area contributed by atoms with Crippen molar-refractivity contribution in [3.05, 3.63) is 59.2 Å². The average Bonchev–Trinajstić information content (AvgIpc) is 2.60. The first-order valence-corrected chi connectivity index (χ1v) is 7.54. The van der Waals surface area contributed by atoms with Gasteiger partial charge in [-0.1, -0.05) is 30.3 Å². The van der Waals surface area contributed by atoms with Crippen LogP contribution >= 0.6 is 0 Å². The molecule has 116 valence electrons. The average molecular weight is 307 g/mol. The molecule has 0 amide bonds. The Hall–Kier alpha value is -2.80. The lowest BCUT2D eigenvalue weighted by Crippen LogP contribution is -2.22. The van der Waals surface area contributed by atoms with Gasteiger partial charge in [0.15, 0.2) is 5.78 Å². The second-order valence-electron chi connectivity index (χ2n) is 5.52. The molecular weight excluding hydrogens is 290 g/mol. The standard InChI is InChI=1S/C19H17NO3/c1-22-16-9-14-7-8-15(11-20)19(21)18(14)17(10-16)23-12-13-5-3-2-4-6-13/h2-6,9-10,15H,7-8,12H2,1H3. The number of ketones is 1. The fourth-order valence-electron chi connectivity index (χ4n) is 2.82. The highest BCUT2D eigenvalue weighted by molar-refractivity contribution is 6.04. The summed E-state index contributed by atoms with van der Waals surface area (Å²) >= 11 is 0. The smallest absolute Gasteiger partial charge is 0.183 e. The number of aryl methyl sites for hydroxylation is 1. The summed E-state index contributed by atoms with van der Waals surface area (Å²) < 4.78 is 11.2. The summed E-state index contributed by atoms with van der Waals surface area (Å²) in [5.74, 6) is 0.414. The molecule has 0 spiro atoms. The topological polar surface area (TPSA) is 59.3 Å². The molecule has 0 aromatic heterocycles. The fraction of sp³-hybridized carbons (Fsp3) is 0.263. The monoisotopic (exact) mass is 307 g/mol. The van der Waals surface area contributed by atoms with Crippen molar-refractivity contribution in [2.45, 2.75) is 19.4 Å². The molecule has 0 N–H and O–H groups in total. The van der Waals surface area contributed by atoms with Crippen molar-refractivity contribution in [1.29, 1.82) is 5.26 Å². The molecule has 1 atom stereocenters. The van der Waals surface area contributed by atoms with E-state index in [0.29, 0.717) is 36.5 Å². The summed E-state index contributed by atoms with van der Waals surface area (Å²) in [6, 6.07) is 15.4. The second kappa shape index (κ2) is 6.53. The van der Waals surface area contributed by atoms with Crippen LogP contribution in [-0.4, -0.2) is 12.9 Å². The molecular formula is C19H17NO3. The number of carbonyl (C=O) groups is 1. The maximum Gasteiger partial charge on any atom is 0.183 e. The van der Waals surface area contributed by atoms with E-state index in [1.165, 1.54) is 0 Å². The Bertz CT molecular complexity index is 762. The lowest BCUT2D eigenvalue weighted by atomic mass is 9.83.